The number of rotatable bonds is 6. The number of piperidine rings is 1. The second-order valence-corrected chi connectivity index (χ2v) is 10.9. The van der Waals surface area contributed by atoms with Gasteiger partial charge in [-0.3, -0.25) is 9.59 Å². The number of nitrogens with one attached hydrogen (secondary N) is 2. The van der Waals surface area contributed by atoms with E-state index in [1.165, 1.54) is 10.4 Å². The second-order valence-electron chi connectivity index (χ2n) is 9.03. The molecule has 1 saturated heterocycles. The first-order valence-corrected chi connectivity index (χ1v) is 13.1. The van der Waals surface area contributed by atoms with Crippen molar-refractivity contribution in [3.63, 3.8) is 0 Å². The summed E-state index contributed by atoms with van der Waals surface area (Å²) in [4.78, 5) is 25.1. The van der Waals surface area contributed by atoms with Gasteiger partial charge in [-0.15, -0.1) is 0 Å². The summed E-state index contributed by atoms with van der Waals surface area (Å²) < 4.78 is 34.2. The second kappa shape index (κ2) is 9.76. The SMILES string of the molecule is CC[C@@H]1Oc2cc(S(=O)(=O)N3CCC[C@@H](C(=O)NCc4cccc(C)c4)C3)c(C)cc2NC1=O. The molecule has 0 radical (unpaired) electrons. The number of sulfonamides is 1. The Morgan fingerprint density at radius 2 is 2.03 bits per heavy atom. The van der Waals surface area contributed by atoms with E-state index in [1.54, 1.807) is 13.0 Å². The fraction of sp³-hybridized carbons (Fsp3) is 0.440. The van der Waals surface area contributed by atoms with E-state index >= 15 is 0 Å². The van der Waals surface area contributed by atoms with Gasteiger partial charge < -0.3 is 15.4 Å². The predicted molar refractivity (Wildman–Crippen MR) is 129 cm³/mol. The minimum atomic E-state index is -3.84. The van der Waals surface area contributed by atoms with E-state index in [0.717, 1.165) is 11.1 Å². The van der Waals surface area contributed by atoms with Crippen molar-refractivity contribution < 1.29 is 22.7 Å². The standard InChI is InChI=1S/C25H31N3O5S/c1-4-21-25(30)27-20-12-17(3)23(13-22(20)33-21)34(31,32)28-10-6-9-19(15-28)24(29)26-14-18-8-5-7-16(2)11-18/h5,7-8,11-13,19,21H,4,6,9-10,14-15H2,1-3H3,(H,26,29)(H,27,30)/t19-,21+/m1/s1. The lowest BCUT2D eigenvalue weighted by Crippen LogP contribution is -2.45. The Morgan fingerprint density at radius 3 is 2.76 bits per heavy atom. The number of hydrogen-bond acceptors (Lipinski definition) is 5. The molecule has 0 unspecified atom stereocenters. The van der Waals surface area contributed by atoms with E-state index in [-0.39, 0.29) is 23.3 Å². The number of amides is 2. The zero-order valence-corrected chi connectivity index (χ0v) is 20.6. The van der Waals surface area contributed by atoms with Gasteiger partial charge in [-0.25, -0.2) is 8.42 Å². The van der Waals surface area contributed by atoms with E-state index in [0.29, 0.717) is 49.4 Å². The third-order valence-electron chi connectivity index (χ3n) is 6.39. The zero-order valence-electron chi connectivity index (χ0n) is 19.8. The Bertz CT molecular complexity index is 1210. The molecule has 0 aliphatic carbocycles. The van der Waals surface area contributed by atoms with Crippen LogP contribution < -0.4 is 15.4 Å². The van der Waals surface area contributed by atoms with Crippen molar-refractivity contribution in [1.29, 1.82) is 0 Å². The van der Waals surface area contributed by atoms with Crippen molar-refractivity contribution in [2.75, 3.05) is 18.4 Å². The van der Waals surface area contributed by atoms with Gasteiger partial charge in [0.15, 0.2) is 6.10 Å². The molecule has 2 N–H and O–H groups in total. The first-order chi connectivity index (χ1) is 16.2. The highest BCUT2D eigenvalue weighted by atomic mass is 32.2. The van der Waals surface area contributed by atoms with Crippen LogP contribution in [-0.2, 0) is 26.2 Å². The number of anilines is 1. The number of benzene rings is 2. The molecule has 2 atom stereocenters. The number of nitrogens with zero attached hydrogens (tertiary/aromatic N) is 1. The Labute approximate surface area is 200 Å². The van der Waals surface area contributed by atoms with Gasteiger partial charge >= 0.3 is 0 Å². The van der Waals surface area contributed by atoms with E-state index in [2.05, 4.69) is 10.6 Å². The van der Waals surface area contributed by atoms with Crippen LogP contribution in [0, 0.1) is 19.8 Å². The maximum absolute atomic E-state index is 13.5. The average Bonchev–Trinajstić information content (AvgIpc) is 2.82. The van der Waals surface area contributed by atoms with Gasteiger partial charge in [0.05, 0.1) is 16.5 Å². The molecule has 2 aromatic rings. The van der Waals surface area contributed by atoms with Crippen molar-refractivity contribution in [2.45, 2.75) is 57.6 Å². The summed E-state index contributed by atoms with van der Waals surface area (Å²) in [7, 11) is -3.84. The predicted octanol–water partition coefficient (Wildman–Crippen LogP) is 3.13. The molecule has 2 amide bonds. The first kappa shape index (κ1) is 24.2. The number of fused-ring (bicyclic) bond motifs is 1. The number of aryl methyl sites for hydroxylation is 2. The lowest BCUT2D eigenvalue weighted by molar-refractivity contribution is -0.126. The van der Waals surface area contributed by atoms with Gasteiger partial charge in [0, 0.05) is 25.7 Å². The molecule has 2 aliphatic heterocycles. The van der Waals surface area contributed by atoms with Crippen molar-refractivity contribution in [1.82, 2.24) is 9.62 Å². The zero-order chi connectivity index (χ0) is 24.5. The molecule has 1 fully saturated rings. The van der Waals surface area contributed by atoms with Gasteiger partial charge in [0.25, 0.3) is 5.91 Å². The molecule has 0 saturated carbocycles. The normalized spacial score (nSPS) is 20.7. The Morgan fingerprint density at radius 1 is 1.24 bits per heavy atom. The first-order valence-electron chi connectivity index (χ1n) is 11.6. The molecule has 8 nitrogen and oxygen atoms in total. The summed E-state index contributed by atoms with van der Waals surface area (Å²) >= 11 is 0. The van der Waals surface area contributed by atoms with Crippen LogP contribution in [0.25, 0.3) is 0 Å². The van der Waals surface area contributed by atoms with Gasteiger partial charge in [-0.2, -0.15) is 4.31 Å². The summed E-state index contributed by atoms with van der Waals surface area (Å²) in [6.07, 6.45) is 1.08. The van der Waals surface area contributed by atoms with Crippen LogP contribution in [0.5, 0.6) is 5.75 Å². The summed E-state index contributed by atoms with van der Waals surface area (Å²) in [5, 5.41) is 5.74. The fourth-order valence-corrected chi connectivity index (χ4v) is 6.25. The van der Waals surface area contributed by atoms with Crippen LogP contribution in [0.2, 0.25) is 0 Å². The van der Waals surface area contributed by atoms with Crippen molar-refractivity contribution in [3.8, 4) is 5.75 Å². The van der Waals surface area contributed by atoms with Crippen molar-refractivity contribution in [2.24, 2.45) is 5.92 Å². The summed E-state index contributed by atoms with van der Waals surface area (Å²) in [5.74, 6) is -0.438. The average molecular weight is 486 g/mol. The Balaban J connectivity index is 1.49. The molecule has 9 heteroatoms. The molecular weight excluding hydrogens is 454 g/mol. The van der Waals surface area contributed by atoms with Crippen LogP contribution in [0.1, 0.15) is 42.9 Å². The highest BCUT2D eigenvalue weighted by Gasteiger charge is 2.35. The van der Waals surface area contributed by atoms with E-state index < -0.39 is 22.0 Å². The summed E-state index contributed by atoms with van der Waals surface area (Å²) in [6, 6.07) is 11.0. The van der Waals surface area contributed by atoms with Crippen LogP contribution in [0.15, 0.2) is 41.3 Å². The number of carbonyl (C=O) groups excluding carboxylic acids is 2. The Hall–Kier alpha value is -2.91. The van der Waals surface area contributed by atoms with Crippen LogP contribution in [0.3, 0.4) is 0 Å². The molecule has 34 heavy (non-hydrogen) atoms. The van der Waals surface area contributed by atoms with Gasteiger partial charge in [-0.05, 0) is 50.3 Å². The summed E-state index contributed by atoms with van der Waals surface area (Å²) in [6.45, 7) is 6.43. The molecule has 0 aromatic heterocycles. The largest absolute Gasteiger partial charge is 0.478 e. The van der Waals surface area contributed by atoms with Crippen LogP contribution in [0.4, 0.5) is 5.69 Å². The molecule has 182 valence electrons. The van der Waals surface area contributed by atoms with Gasteiger partial charge in [0.1, 0.15) is 5.75 Å². The van der Waals surface area contributed by atoms with E-state index in [9.17, 15) is 18.0 Å². The van der Waals surface area contributed by atoms with Gasteiger partial charge in [0.2, 0.25) is 15.9 Å². The number of ether oxygens (including phenoxy) is 1. The van der Waals surface area contributed by atoms with Gasteiger partial charge in [-0.1, -0.05) is 36.8 Å². The third kappa shape index (κ3) is 4.95. The van der Waals surface area contributed by atoms with Crippen molar-refractivity contribution >= 4 is 27.5 Å². The Kier molecular flexibility index (Phi) is 6.95. The van der Waals surface area contributed by atoms with Crippen LogP contribution in [-0.4, -0.2) is 43.7 Å². The molecular formula is C25H31N3O5S. The molecule has 4 rings (SSSR count). The highest BCUT2D eigenvalue weighted by molar-refractivity contribution is 7.89. The maximum Gasteiger partial charge on any atom is 0.265 e. The third-order valence-corrected chi connectivity index (χ3v) is 8.40. The smallest absolute Gasteiger partial charge is 0.265 e. The minimum Gasteiger partial charge on any atom is -0.478 e. The molecule has 2 aromatic carbocycles. The van der Waals surface area contributed by atoms with E-state index in [1.807, 2.05) is 38.1 Å². The van der Waals surface area contributed by atoms with Crippen molar-refractivity contribution in [3.05, 3.63) is 53.1 Å². The fourth-order valence-electron chi connectivity index (χ4n) is 4.50. The molecule has 2 aliphatic rings. The monoisotopic (exact) mass is 485 g/mol. The highest BCUT2D eigenvalue weighted by Crippen LogP contribution is 2.36. The minimum absolute atomic E-state index is 0.133. The quantitative estimate of drug-likeness (QED) is 0.654. The number of hydrogen-bond donors (Lipinski definition) is 2. The summed E-state index contributed by atoms with van der Waals surface area (Å²) in [5.41, 5.74) is 3.12. The molecule has 0 spiro atoms. The van der Waals surface area contributed by atoms with Crippen LogP contribution >= 0.6 is 0 Å². The topological polar surface area (TPSA) is 105 Å². The number of carbonyl (C=O) groups is 2. The maximum atomic E-state index is 13.5. The lowest BCUT2D eigenvalue weighted by Gasteiger charge is -2.32. The lowest BCUT2D eigenvalue weighted by atomic mass is 9.98. The molecule has 2 heterocycles. The van der Waals surface area contributed by atoms with E-state index in [4.69, 9.17) is 4.74 Å². The molecule has 0 bridgehead atoms.